The van der Waals surface area contributed by atoms with E-state index in [0.717, 1.165) is 61.4 Å². The predicted molar refractivity (Wildman–Crippen MR) is 97.6 cm³/mol. The fraction of sp³-hybridized carbons (Fsp3) is 0.647. The number of hydrogen-bond donors (Lipinski definition) is 2. The van der Waals surface area contributed by atoms with Gasteiger partial charge in [0.05, 0.1) is 11.6 Å². The molecule has 1 aliphatic heterocycles. The van der Waals surface area contributed by atoms with Gasteiger partial charge in [-0.15, -0.1) is 0 Å². The third kappa shape index (κ3) is 3.83. The van der Waals surface area contributed by atoms with Crippen LogP contribution in [0.3, 0.4) is 0 Å². The van der Waals surface area contributed by atoms with Gasteiger partial charge in [0.15, 0.2) is 5.65 Å². The molecule has 136 valence electrons. The van der Waals surface area contributed by atoms with Crippen molar-refractivity contribution >= 4 is 22.9 Å². The molecule has 0 spiro atoms. The zero-order valence-corrected chi connectivity index (χ0v) is 15.2. The van der Waals surface area contributed by atoms with E-state index in [4.69, 9.17) is 4.98 Å². The highest BCUT2D eigenvalue weighted by atomic mass is 16.2. The highest BCUT2D eigenvalue weighted by Crippen LogP contribution is 2.23. The summed E-state index contributed by atoms with van der Waals surface area (Å²) in [4.78, 5) is 23.1. The van der Waals surface area contributed by atoms with Gasteiger partial charge in [-0.25, -0.2) is 14.8 Å². The summed E-state index contributed by atoms with van der Waals surface area (Å²) >= 11 is 0. The number of fused-ring (bicyclic) bond motifs is 1. The minimum atomic E-state index is 0.0304. The van der Waals surface area contributed by atoms with E-state index in [1.807, 2.05) is 25.1 Å². The summed E-state index contributed by atoms with van der Waals surface area (Å²) in [6.07, 6.45) is 5.49. The number of carbonyl (C=O) groups is 1. The summed E-state index contributed by atoms with van der Waals surface area (Å²) in [6.45, 7) is 6.24. The molecule has 8 heteroatoms. The molecule has 2 amide bonds. The number of nitrogens with zero attached hydrogens (tertiary/aromatic N) is 5. The average molecular weight is 345 g/mol. The summed E-state index contributed by atoms with van der Waals surface area (Å²) in [5.41, 5.74) is 0.862. The number of likely N-dealkylation sites (tertiary alicyclic amines) is 1. The summed E-state index contributed by atoms with van der Waals surface area (Å²) < 4.78 is 1.79. The molecule has 0 bridgehead atoms. The van der Waals surface area contributed by atoms with Crippen LogP contribution in [0.1, 0.15) is 38.9 Å². The highest BCUT2D eigenvalue weighted by Gasteiger charge is 2.23. The van der Waals surface area contributed by atoms with Crippen LogP contribution < -0.4 is 10.6 Å². The Bertz CT molecular complexity index is 734. The Hall–Kier alpha value is -2.38. The predicted octanol–water partition coefficient (Wildman–Crippen LogP) is 1.92. The quantitative estimate of drug-likeness (QED) is 0.864. The molecule has 2 aromatic heterocycles. The van der Waals surface area contributed by atoms with Gasteiger partial charge in [-0.1, -0.05) is 6.92 Å². The Morgan fingerprint density at radius 2 is 2.04 bits per heavy atom. The number of hydrogen-bond acceptors (Lipinski definition) is 5. The molecule has 0 radical (unpaired) electrons. The number of aromatic nitrogens is 4. The Labute approximate surface area is 148 Å². The fourth-order valence-electron chi connectivity index (χ4n) is 3.20. The Morgan fingerprint density at radius 1 is 1.28 bits per heavy atom. The largest absolute Gasteiger partial charge is 0.366 e. The molecule has 8 nitrogen and oxygen atoms in total. The normalized spacial score (nSPS) is 15.6. The molecule has 1 fully saturated rings. The average Bonchev–Trinajstić information content (AvgIpc) is 2.98. The van der Waals surface area contributed by atoms with E-state index in [2.05, 4.69) is 27.6 Å². The minimum absolute atomic E-state index is 0.0304. The molecule has 2 N–H and O–H groups in total. The Morgan fingerprint density at radius 3 is 2.72 bits per heavy atom. The third-order valence-corrected chi connectivity index (χ3v) is 4.56. The Balaban J connectivity index is 1.72. The molecule has 2 aromatic rings. The lowest BCUT2D eigenvalue weighted by Gasteiger charge is -2.32. The molecule has 0 atom stereocenters. The van der Waals surface area contributed by atoms with Crippen molar-refractivity contribution in [2.45, 2.75) is 45.6 Å². The maximum atomic E-state index is 11.9. The summed E-state index contributed by atoms with van der Waals surface area (Å²) in [6, 6.07) is 0.335. The molecule has 0 aliphatic carbocycles. The van der Waals surface area contributed by atoms with Crippen LogP contribution in [-0.2, 0) is 13.5 Å². The number of aryl methyl sites for hydroxylation is 2. The van der Waals surface area contributed by atoms with Crippen LogP contribution in [0.4, 0.5) is 10.6 Å². The van der Waals surface area contributed by atoms with Crippen molar-refractivity contribution in [2.24, 2.45) is 7.05 Å². The van der Waals surface area contributed by atoms with Gasteiger partial charge in [0, 0.05) is 39.1 Å². The van der Waals surface area contributed by atoms with Crippen LogP contribution in [-0.4, -0.2) is 56.4 Å². The number of anilines is 1. The first-order valence-electron chi connectivity index (χ1n) is 9.10. The van der Waals surface area contributed by atoms with Crippen molar-refractivity contribution in [3.05, 3.63) is 12.0 Å². The highest BCUT2D eigenvalue weighted by molar-refractivity contribution is 5.86. The zero-order valence-electron chi connectivity index (χ0n) is 15.2. The molecule has 1 saturated heterocycles. The van der Waals surface area contributed by atoms with Crippen molar-refractivity contribution in [1.82, 2.24) is 30.0 Å². The summed E-state index contributed by atoms with van der Waals surface area (Å²) in [5, 5.41) is 11.7. The van der Waals surface area contributed by atoms with Gasteiger partial charge < -0.3 is 15.5 Å². The smallest absolute Gasteiger partial charge is 0.317 e. The molecule has 0 aromatic carbocycles. The lowest BCUT2D eigenvalue weighted by atomic mass is 10.1. The van der Waals surface area contributed by atoms with Crippen LogP contribution in [0.15, 0.2) is 6.20 Å². The molecule has 3 heterocycles. The van der Waals surface area contributed by atoms with E-state index >= 15 is 0 Å². The molecule has 0 unspecified atom stereocenters. The first-order valence-corrected chi connectivity index (χ1v) is 9.10. The van der Waals surface area contributed by atoms with E-state index in [1.54, 1.807) is 4.68 Å². The van der Waals surface area contributed by atoms with Crippen molar-refractivity contribution < 1.29 is 4.79 Å². The third-order valence-electron chi connectivity index (χ3n) is 4.56. The lowest BCUT2D eigenvalue weighted by Crippen LogP contribution is -2.46. The fourth-order valence-corrected chi connectivity index (χ4v) is 3.20. The van der Waals surface area contributed by atoms with Crippen LogP contribution >= 0.6 is 0 Å². The lowest BCUT2D eigenvalue weighted by molar-refractivity contribution is 0.184. The standard InChI is InChI=1S/C17H27N7O/c1-4-6-14-21-15(13-11-19-23(3)16(13)22-14)20-12-7-9-24(10-8-12)17(25)18-5-2/h11-12H,4-10H2,1-3H3,(H,18,25)(H,20,21,22). The first-order chi connectivity index (χ1) is 12.1. The number of piperidine rings is 1. The van der Waals surface area contributed by atoms with Crippen molar-refractivity contribution in [2.75, 3.05) is 25.0 Å². The van der Waals surface area contributed by atoms with E-state index in [1.165, 1.54) is 0 Å². The molecule has 3 rings (SSSR count). The topological polar surface area (TPSA) is 88.0 Å². The van der Waals surface area contributed by atoms with Gasteiger partial charge in [-0.05, 0) is 26.2 Å². The first kappa shape index (κ1) is 17.4. The van der Waals surface area contributed by atoms with Crippen molar-refractivity contribution in [3.8, 4) is 0 Å². The van der Waals surface area contributed by atoms with Gasteiger partial charge in [-0.3, -0.25) is 4.68 Å². The van der Waals surface area contributed by atoms with E-state index in [0.29, 0.717) is 12.6 Å². The van der Waals surface area contributed by atoms with E-state index in [9.17, 15) is 4.79 Å². The molecule has 25 heavy (non-hydrogen) atoms. The molecule has 0 saturated carbocycles. The van der Waals surface area contributed by atoms with Crippen LogP contribution in [0, 0.1) is 0 Å². The number of carbonyl (C=O) groups excluding carboxylic acids is 1. The van der Waals surface area contributed by atoms with E-state index in [-0.39, 0.29) is 6.03 Å². The molecule has 1 aliphatic rings. The second kappa shape index (κ2) is 7.67. The second-order valence-corrected chi connectivity index (χ2v) is 6.49. The number of amides is 2. The van der Waals surface area contributed by atoms with Crippen LogP contribution in [0.5, 0.6) is 0 Å². The van der Waals surface area contributed by atoms with Gasteiger partial charge >= 0.3 is 6.03 Å². The van der Waals surface area contributed by atoms with Gasteiger partial charge in [-0.2, -0.15) is 5.10 Å². The van der Waals surface area contributed by atoms with Gasteiger partial charge in [0.2, 0.25) is 0 Å². The maximum absolute atomic E-state index is 11.9. The summed E-state index contributed by atoms with van der Waals surface area (Å²) in [5.74, 6) is 1.71. The monoisotopic (exact) mass is 345 g/mol. The zero-order chi connectivity index (χ0) is 17.8. The maximum Gasteiger partial charge on any atom is 0.317 e. The second-order valence-electron chi connectivity index (χ2n) is 6.49. The van der Waals surface area contributed by atoms with Crippen molar-refractivity contribution in [1.29, 1.82) is 0 Å². The Kier molecular flexibility index (Phi) is 5.35. The van der Waals surface area contributed by atoms with Gasteiger partial charge in [0.25, 0.3) is 0 Å². The molecular formula is C17H27N7O. The molecular weight excluding hydrogens is 318 g/mol. The van der Waals surface area contributed by atoms with E-state index < -0.39 is 0 Å². The number of rotatable bonds is 5. The van der Waals surface area contributed by atoms with Crippen LogP contribution in [0.25, 0.3) is 11.0 Å². The number of urea groups is 1. The van der Waals surface area contributed by atoms with Crippen LogP contribution in [0.2, 0.25) is 0 Å². The van der Waals surface area contributed by atoms with Crippen molar-refractivity contribution in [3.63, 3.8) is 0 Å². The number of nitrogens with one attached hydrogen (secondary N) is 2. The summed E-state index contributed by atoms with van der Waals surface area (Å²) in [7, 11) is 1.90. The van der Waals surface area contributed by atoms with Gasteiger partial charge in [0.1, 0.15) is 11.6 Å². The minimum Gasteiger partial charge on any atom is -0.366 e. The SMILES string of the molecule is CCCc1nc(NC2CCN(C(=O)NCC)CC2)c2cnn(C)c2n1.